The number of carbonyl (C=O) groups is 1. The first-order valence-electron chi connectivity index (χ1n) is 15.9. The Labute approximate surface area is 242 Å². The van der Waals surface area contributed by atoms with E-state index in [0.717, 1.165) is 51.4 Å². The number of aromatic hydroxyl groups is 1. The molecule has 0 spiro atoms. The number of carboxylic acid groups (broad SMARTS) is 1. The first-order chi connectivity index (χ1) is 18.8. The number of aryl methyl sites for hydroxylation is 2. The molecule has 0 radical (unpaired) electrons. The van der Waals surface area contributed by atoms with Crippen molar-refractivity contribution in [2.45, 2.75) is 149 Å². The highest BCUT2D eigenvalue weighted by Crippen LogP contribution is 2.49. The fourth-order valence-electron chi connectivity index (χ4n) is 7.73. The van der Waals surface area contributed by atoms with Gasteiger partial charge in [0.1, 0.15) is 11.3 Å². The van der Waals surface area contributed by atoms with Crippen LogP contribution in [0.15, 0.2) is 12.1 Å². The van der Waals surface area contributed by atoms with Crippen LogP contribution in [0.4, 0.5) is 0 Å². The summed E-state index contributed by atoms with van der Waals surface area (Å²) in [6, 6.07) is 3.65. The number of rotatable bonds is 13. The summed E-state index contributed by atoms with van der Waals surface area (Å²) < 4.78 is 13.5. The van der Waals surface area contributed by atoms with Gasteiger partial charge in [0.05, 0.1) is 29.5 Å². The van der Waals surface area contributed by atoms with Gasteiger partial charge in [-0.2, -0.15) is 0 Å². The third kappa shape index (κ3) is 7.04. The van der Waals surface area contributed by atoms with Crippen LogP contribution in [0.3, 0.4) is 0 Å². The third-order valence-electron chi connectivity index (χ3n) is 10.4. The summed E-state index contributed by atoms with van der Waals surface area (Å²) in [5.74, 6) is 0.744. The zero-order valence-corrected chi connectivity index (χ0v) is 26.3. The quantitative estimate of drug-likeness (QED) is 0.229. The number of benzene rings is 1. The number of aliphatic hydroxyl groups is 1. The molecule has 0 amide bonds. The predicted octanol–water partition coefficient (Wildman–Crippen LogP) is 7.69. The molecule has 1 aromatic rings. The first-order valence-corrected chi connectivity index (χ1v) is 15.9. The van der Waals surface area contributed by atoms with Crippen molar-refractivity contribution in [2.75, 3.05) is 0 Å². The topological polar surface area (TPSA) is 96.2 Å². The molecule has 2 aliphatic heterocycles. The summed E-state index contributed by atoms with van der Waals surface area (Å²) in [6.07, 6.45) is 9.11. The minimum Gasteiger partial charge on any atom is -0.507 e. The highest BCUT2D eigenvalue weighted by atomic mass is 16.6. The van der Waals surface area contributed by atoms with Gasteiger partial charge < -0.3 is 24.8 Å². The lowest BCUT2D eigenvalue weighted by Gasteiger charge is -2.47. The van der Waals surface area contributed by atoms with Crippen LogP contribution in [0.5, 0.6) is 5.75 Å². The van der Waals surface area contributed by atoms with Gasteiger partial charge in [0, 0.05) is 0 Å². The molecule has 40 heavy (non-hydrogen) atoms. The highest BCUT2D eigenvalue weighted by molar-refractivity contribution is 5.93. The second kappa shape index (κ2) is 13.6. The molecule has 2 fully saturated rings. The molecule has 0 aliphatic carbocycles. The van der Waals surface area contributed by atoms with Crippen molar-refractivity contribution in [1.82, 2.24) is 0 Å². The normalized spacial score (nSPS) is 33.0. The maximum Gasteiger partial charge on any atom is 0.339 e. The van der Waals surface area contributed by atoms with E-state index in [-0.39, 0.29) is 35.2 Å². The van der Waals surface area contributed by atoms with Gasteiger partial charge >= 0.3 is 5.97 Å². The molecule has 3 rings (SSSR count). The molecule has 2 saturated heterocycles. The maximum atomic E-state index is 11.8. The Balaban J connectivity index is 1.59. The van der Waals surface area contributed by atoms with Crippen molar-refractivity contribution in [3.63, 3.8) is 0 Å². The summed E-state index contributed by atoms with van der Waals surface area (Å²) >= 11 is 0. The van der Waals surface area contributed by atoms with Crippen LogP contribution in [-0.2, 0) is 15.9 Å². The van der Waals surface area contributed by atoms with Crippen LogP contribution in [0.25, 0.3) is 0 Å². The molecule has 2 heterocycles. The van der Waals surface area contributed by atoms with Crippen molar-refractivity contribution < 1.29 is 29.6 Å². The highest BCUT2D eigenvalue weighted by Gasteiger charge is 2.54. The van der Waals surface area contributed by atoms with Crippen LogP contribution in [0, 0.1) is 30.6 Å². The van der Waals surface area contributed by atoms with E-state index in [1.165, 1.54) is 0 Å². The van der Waals surface area contributed by atoms with E-state index >= 15 is 0 Å². The Hall–Kier alpha value is -1.63. The summed E-state index contributed by atoms with van der Waals surface area (Å²) in [7, 11) is 0. The second-order valence-electron chi connectivity index (χ2n) is 13.4. The molecular weight excluding hydrogens is 504 g/mol. The molecule has 228 valence electrons. The monoisotopic (exact) mass is 560 g/mol. The van der Waals surface area contributed by atoms with E-state index in [9.17, 15) is 20.1 Å². The van der Waals surface area contributed by atoms with E-state index in [1.807, 2.05) is 19.9 Å². The van der Waals surface area contributed by atoms with E-state index < -0.39 is 11.6 Å². The summed E-state index contributed by atoms with van der Waals surface area (Å²) in [6.45, 7) is 17.2. The van der Waals surface area contributed by atoms with Crippen molar-refractivity contribution >= 4 is 5.97 Å². The van der Waals surface area contributed by atoms with Crippen molar-refractivity contribution in [3.05, 3.63) is 28.8 Å². The van der Waals surface area contributed by atoms with Crippen molar-refractivity contribution in [2.24, 2.45) is 23.7 Å². The fraction of sp³-hybridized carbons (Fsp3) is 0.794. The summed E-state index contributed by atoms with van der Waals surface area (Å²) in [5, 5.41) is 30.8. The summed E-state index contributed by atoms with van der Waals surface area (Å²) in [5.41, 5.74) is 0.341. The minimum atomic E-state index is -1.06. The molecule has 2 aliphatic rings. The Morgan fingerprint density at radius 2 is 1.80 bits per heavy atom. The number of hydrogen-bond donors (Lipinski definition) is 3. The van der Waals surface area contributed by atoms with Gasteiger partial charge in [-0.05, 0) is 106 Å². The number of ether oxygens (including phenoxy) is 2. The molecule has 1 aromatic carbocycles. The van der Waals surface area contributed by atoms with Gasteiger partial charge in [0.2, 0.25) is 0 Å². The second-order valence-corrected chi connectivity index (χ2v) is 13.4. The lowest BCUT2D eigenvalue weighted by Crippen LogP contribution is -2.55. The Kier molecular flexibility index (Phi) is 11.1. The van der Waals surface area contributed by atoms with E-state index in [1.54, 1.807) is 13.0 Å². The number of carboxylic acids is 1. The van der Waals surface area contributed by atoms with Gasteiger partial charge in [0.25, 0.3) is 0 Å². The Morgan fingerprint density at radius 3 is 2.38 bits per heavy atom. The largest absolute Gasteiger partial charge is 0.507 e. The standard InChI is InChI=1S/C34H56O6/c1-9-26(19-22(5)18-21(4)12-14-27-15-13-23(6)30(35)29(27)32(36)37)31-24(7)20-34(11-3,40-31)28-16-17-33(38,10-2)25(8)39-28/h13,15,21-22,24-26,28,31,35,38H,9-12,14,16-20H2,1-8H3,(H,36,37)/t21-,22+,24+,25+,26+,28-,31+,33-,34+/m1/s1. The van der Waals surface area contributed by atoms with Gasteiger partial charge in [0.15, 0.2) is 0 Å². The average Bonchev–Trinajstić information content (AvgIpc) is 3.26. The average molecular weight is 561 g/mol. The SMILES string of the molecule is CC[C@@H](C[C@@H](C)C[C@H](C)CCc1ccc(C)c(O)c1C(=O)O)[C@H]1O[C@](CC)([C@H]2CC[C@](O)(CC)[C@H](C)O2)C[C@@H]1C. The first kappa shape index (κ1) is 32.9. The smallest absolute Gasteiger partial charge is 0.339 e. The van der Waals surface area contributed by atoms with E-state index in [0.29, 0.717) is 47.6 Å². The number of aromatic carboxylic acids is 1. The molecule has 6 heteroatoms. The molecule has 6 nitrogen and oxygen atoms in total. The van der Waals surface area contributed by atoms with Gasteiger partial charge in [-0.3, -0.25) is 0 Å². The van der Waals surface area contributed by atoms with Crippen molar-refractivity contribution in [1.29, 1.82) is 0 Å². The molecule has 0 unspecified atom stereocenters. The van der Waals surface area contributed by atoms with Crippen LogP contribution >= 0.6 is 0 Å². The minimum absolute atomic E-state index is 0.0265. The molecular formula is C34H56O6. The lowest BCUT2D eigenvalue weighted by molar-refractivity contribution is -0.230. The number of hydrogen-bond acceptors (Lipinski definition) is 5. The maximum absolute atomic E-state index is 11.8. The van der Waals surface area contributed by atoms with Gasteiger partial charge in [-0.15, -0.1) is 0 Å². The van der Waals surface area contributed by atoms with Crippen LogP contribution in [0.1, 0.15) is 128 Å². The third-order valence-corrected chi connectivity index (χ3v) is 10.4. The van der Waals surface area contributed by atoms with Crippen molar-refractivity contribution in [3.8, 4) is 5.75 Å². The van der Waals surface area contributed by atoms with E-state index in [4.69, 9.17) is 9.47 Å². The number of phenols is 1. The molecule has 9 atom stereocenters. The van der Waals surface area contributed by atoms with E-state index in [2.05, 4.69) is 34.6 Å². The molecule has 0 aromatic heterocycles. The predicted molar refractivity (Wildman–Crippen MR) is 160 cm³/mol. The molecule has 0 bridgehead atoms. The van der Waals surface area contributed by atoms with Gasteiger partial charge in [-0.25, -0.2) is 4.79 Å². The lowest BCUT2D eigenvalue weighted by atomic mass is 9.77. The molecule has 3 N–H and O–H groups in total. The Morgan fingerprint density at radius 1 is 1.10 bits per heavy atom. The Bertz CT molecular complexity index is 993. The van der Waals surface area contributed by atoms with Crippen LogP contribution in [0.2, 0.25) is 0 Å². The van der Waals surface area contributed by atoms with Crippen LogP contribution in [-0.4, -0.2) is 50.8 Å². The zero-order chi connectivity index (χ0) is 29.8. The van der Waals surface area contributed by atoms with Crippen LogP contribution < -0.4 is 0 Å². The molecule has 0 saturated carbocycles. The summed E-state index contributed by atoms with van der Waals surface area (Å²) in [4.78, 5) is 11.8. The zero-order valence-electron chi connectivity index (χ0n) is 26.3. The van der Waals surface area contributed by atoms with Gasteiger partial charge in [-0.1, -0.05) is 60.1 Å². The fourth-order valence-corrected chi connectivity index (χ4v) is 7.73.